The molecule has 1 aromatic carbocycles. The number of benzene rings is 1. The summed E-state index contributed by atoms with van der Waals surface area (Å²) in [5.74, 6) is 0.0588. The van der Waals surface area contributed by atoms with E-state index >= 15 is 0 Å². The maximum absolute atomic E-state index is 5.28. The maximum atomic E-state index is 5.28. The van der Waals surface area contributed by atoms with Gasteiger partial charge in [-0.05, 0) is 6.07 Å². The maximum Gasteiger partial charge on any atom is 0.191 e. The number of nitrogens with zero attached hydrogens (tertiary/aromatic N) is 1. The Morgan fingerprint density at radius 3 is 2.69 bits per heavy atom. The molecule has 1 aromatic rings. The molecule has 70 valence electrons. The fraction of sp³-hybridized carbons (Fsp3) is 0.222. The molecule has 0 aromatic heterocycles. The minimum Gasteiger partial charge on any atom is -0.380 e. The average molecular weight is 179 g/mol. The van der Waals surface area contributed by atoms with Crippen LogP contribution in [0.1, 0.15) is 5.56 Å². The first kappa shape index (κ1) is 9.54. The number of aliphatic imine (C=N–C) groups is 1. The lowest BCUT2D eigenvalue weighted by atomic mass is 10.2. The molecule has 0 heterocycles. The lowest BCUT2D eigenvalue weighted by molar-refractivity contribution is 0.185. The van der Waals surface area contributed by atoms with Gasteiger partial charge >= 0.3 is 0 Å². The van der Waals surface area contributed by atoms with Crippen molar-refractivity contribution in [2.75, 3.05) is 7.11 Å². The van der Waals surface area contributed by atoms with E-state index in [2.05, 4.69) is 4.99 Å². The van der Waals surface area contributed by atoms with Crippen molar-refractivity contribution < 1.29 is 4.74 Å². The van der Waals surface area contributed by atoms with E-state index in [4.69, 9.17) is 16.2 Å². The zero-order valence-corrected chi connectivity index (χ0v) is 7.53. The van der Waals surface area contributed by atoms with Gasteiger partial charge in [-0.3, -0.25) is 0 Å². The van der Waals surface area contributed by atoms with Gasteiger partial charge in [0.25, 0.3) is 0 Å². The van der Waals surface area contributed by atoms with Gasteiger partial charge in [0.1, 0.15) is 0 Å². The largest absolute Gasteiger partial charge is 0.380 e. The first-order valence-electron chi connectivity index (χ1n) is 3.90. The minimum absolute atomic E-state index is 0.0588. The molecule has 0 amide bonds. The van der Waals surface area contributed by atoms with E-state index in [9.17, 15) is 0 Å². The highest BCUT2D eigenvalue weighted by Gasteiger charge is 1.98. The number of hydrogen-bond donors (Lipinski definition) is 2. The van der Waals surface area contributed by atoms with E-state index in [1.807, 2.05) is 24.3 Å². The number of ether oxygens (including phenoxy) is 1. The van der Waals surface area contributed by atoms with Crippen molar-refractivity contribution >= 4 is 11.6 Å². The van der Waals surface area contributed by atoms with Crippen molar-refractivity contribution in [2.45, 2.75) is 6.61 Å². The second-order valence-corrected chi connectivity index (χ2v) is 2.60. The van der Waals surface area contributed by atoms with Crippen molar-refractivity contribution in [1.82, 2.24) is 0 Å². The summed E-state index contributed by atoms with van der Waals surface area (Å²) < 4.78 is 5.00. The Bertz CT molecular complexity index is 305. The van der Waals surface area contributed by atoms with Crippen LogP contribution in [0.2, 0.25) is 0 Å². The minimum atomic E-state index is 0.0588. The Morgan fingerprint density at radius 1 is 1.38 bits per heavy atom. The smallest absolute Gasteiger partial charge is 0.191 e. The van der Waals surface area contributed by atoms with Crippen molar-refractivity contribution in [3.8, 4) is 0 Å². The standard InChI is InChI=1S/C9H13N3O/c1-13-6-7-4-2-3-5-8(7)12-9(10)11/h2-5H,6H2,1H3,(H4,10,11,12). The summed E-state index contributed by atoms with van der Waals surface area (Å²) in [6.07, 6.45) is 0. The van der Waals surface area contributed by atoms with Gasteiger partial charge in [-0.1, -0.05) is 18.2 Å². The topological polar surface area (TPSA) is 73.6 Å². The van der Waals surface area contributed by atoms with Gasteiger partial charge in [-0.15, -0.1) is 0 Å². The SMILES string of the molecule is COCc1ccccc1N=C(N)N. The number of methoxy groups -OCH3 is 1. The van der Waals surface area contributed by atoms with Gasteiger partial charge in [0.05, 0.1) is 12.3 Å². The molecular formula is C9H13N3O. The highest BCUT2D eigenvalue weighted by atomic mass is 16.5. The molecular weight excluding hydrogens is 166 g/mol. The van der Waals surface area contributed by atoms with Crippen LogP contribution in [-0.2, 0) is 11.3 Å². The van der Waals surface area contributed by atoms with E-state index in [-0.39, 0.29) is 5.96 Å². The van der Waals surface area contributed by atoms with Gasteiger partial charge in [0.15, 0.2) is 5.96 Å². The molecule has 0 aliphatic rings. The van der Waals surface area contributed by atoms with Gasteiger partial charge in [-0.2, -0.15) is 0 Å². The Morgan fingerprint density at radius 2 is 2.08 bits per heavy atom. The molecule has 4 nitrogen and oxygen atoms in total. The lowest BCUT2D eigenvalue weighted by Crippen LogP contribution is -2.22. The first-order valence-corrected chi connectivity index (χ1v) is 3.90. The quantitative estimate of drug-likeness (QED) is 0.531. The normalized spacial score (nSPS) is 9.62. The highest BCUT2D eigenvalue weighted by molar-refractivity contribution is 5.79. The molecule has 4 N–H and O–H groups in total. The van der Waals surface area contributed by atoms with Crippen molar-refractivity contribution in [1.29, 1.82) is 0 Å². The Hall–Kier alpha value is -1.55. The summed E-state index contributed by atoms with van der Waals surface area (Å²) >= 11 is 0. The van der Waals surface area contributed by atoms with E-state index in [0.717, 1.165) is 11.3 Å². The van der Waals surface area contributed by atoms with Crippen molar-refractivity contribution in [3.05, 3.63) is 29.8 Å². The lowest BCUT2D eigenvalue weighted by Gasteiger charge is -2.03. The first-order chi connectivity index (χ1) is 6.24. The highest BCUT2D eigenvalue weighted by Crippen LogP contribution is 2.18. The van der Waals surface area contributed by atoms with Gasteiger partial charge in [-0.25, -0.2) is 4.99 Å². The van der Waals surface area contributed by atoms with Crippen LogP contribution in [0.25, 0.3) is 0 Å². The molecule has 0 spiro atoms. The zero-order valence-electron chi connectivity index (χ0n) is 7.53. The predicted octanol–water partition coefficient (Wildman–Crippen LogP) is 0.738. The average Bonchev–Trinajstić information content (AvgIpc) is 2.08. The second kappa shape index (κ2) is 4.47. The summed E-state index contributed by atoms with van der Waals surface area (Å²) in [7, 11) is 1.63. The molecule has 1 rings (SSSR count). The van der Waals surface area contributed by atoms with Gasteiger partial charge in [0, 0.05) is 12.7 Å². The van der Waals surface area contributed by atoms with Crippen LogP contribution >= 0.6 is 0 Å². The van der Waals surface area contributed by atoms with Crippen LogP contribution in [0.3, 0.4) is 0 Å². The second-order valence-electron chi connectivity index (χ2n) is 2.60. The Labute approximate surface area is 77.2 Å². The van der Waals surface area contributed by atoms with Crippen LogP contribution < -0.4 is 11.5 Å². The summed E-state index contributed by atoms with van der Waals surface area (Å²) in [5.41, 5.74) is 12.3. The van der Waals surface area contributed by atoms with Crippen LogP contribution in [0.5, 0.6) is 0 Å². The molecule has 0 atom stereocenters. The molecule has 0 aliphatic heterocycles. The summed E-state index contributed by atoms with van der Waals surface area (Å²) in [4.78, 5) is 3.97. The van der Waals surface area contributed by atoms with Crippen LogP contribution in [0, 0.1) is 0 Å². The van der Waals surface area contributed by atoms with Crippen molar-refractivity contribution in [3.63, 3.8) is 0 Å². The number of para-hydroxylation sites is 1. The Kier molecular flexibility index (Phi) is 3.28. The van der Waals surface area contributed by atoms with Gasteiger partial charge < -0.3 is 16.2 Å². The van der Waals surface area contributed by atoms with Crippen LogP contribution in [0.4, 0.5) is 5.69 Å². The molecule has 0 radical (unpaired) electrons. The van der Waals surface area contributed by atoms with E-state index < -0.39 is 0 Å². The van der Waals surface area contributed by atoms with E-state index in [1.165, 1.54) is 0 Å². The third kappa shape index (κ3) is 2.76. The third-order valence-electron chi connectivity index (χ3n) is 1.54. The summed E-state index contributed by atoms with van der Waals surface area (Å²) in [6.45, 7) is 0.507. The Balaban J connectivity index is 2.97. The molecule has 0 fully saturated rings. The van der Waals surface area contributed by atoms with Crippen LogP contribution in [0.15, 0.2) is 29.3 Å². The molecule has 0 saturated heterocycles. The van der Waals surface area contributed by atoms with Crippen LogP contribution in [-0.4, -0.2) is 13.1 Å². The molecule has 0 unspecified atom stereocenters. The van der Waals surface area contributed by atoms with E-state index in [1.54, 1.807) is 7.11 Å². The fourth-order valence-corrected chi connectivity index (χ4v) is 1.04. The monoisotopic (exact) mass is 179 g/mol. The molecule has 4 heteroatoms. The summed E-state index contributed by atoms with van der Waals surface area (Å²) in [6, 6.07) is 7.56. The number of nitrogens with two attached hydrogens (primary N) is 2. The van der Waals surface area contributed by atoms with Crippen molar-refractivity contribution in [2.24, 2.45) is 16.5 Å². The zero-order chi connectivity index (χ0) is 9.68. The van der Waals surface area contributed by atoms with Gasteiger partial charge in [0.2, 0.25) is 0 Å². The molecule has 0 saturated carbocycles. The third-order valence-corrected chi connectivity index (χ3v) is 1.54. The van der Waals surface area contributed by atoms with E-state index in [0.29, 0.717) is 6.61 Å². The summed E-state index contributed by atoms with van der Waals surface area (Å²) in [5, 5.41) is 0. The molecule has 0 aliphatic carbocycles. The number of hydrogen-bond acceptors (Lipinski definition) is 2. The number of rotatable bonds is 3. The fourth-order valence-electron chi connectivity index (χ4n) is 1.04. The molecule has 13 heavy (non-hydrogen) atoms. The molecule has 0 bridgehead atoms. The predicted molar refractivity (Wildman–Crippen MR) is 52.6 cm³/mol. The number of guanidine groups is 1.